The van der Waals surface area contributed by atoms with Crippen molar-refractivity contribution in [1.29, 1.82) is 0 Å². The Morgan fingerprint density at radius 1 is 1.10 bits per heavy atom. The van der Waals surface area contributed by atoms with Crippen LogP contribution in [0.3, 0.4) is 0 Å². The van der Waals surface area contributed by atoms with E-state index in [1.807, 2.05) is 7.05 Å². The Kier molecular flexibility index (Phi) is 8.63. The van der Waals surface area contributed by atoms with E-state index >= 15 is 0 Å². The minimum absolute atomic E-state index is 0.285. The molecule has 0 aliphatic rings. The summed E-state index contributed by atoms with van der Waals surface area (Å²) in [5, 5.41) is 3.37. The number of unbranched alkanes of at least 4 members (excludes halogenated alkanes) is 1. The highest BCUT2D eigenvalue weighted by atomic mass is 16.5. The number of rotatable bonds is 10. The molecule has 0 bridgehead atoms. The lowest BCUT2D eigenvalue weighted by molar-refractivity contribution is 0.0781. The minimum atomic E-state index is 0.285. The topological polar surface area (TPSA) is 21.3 Å². The average Bonchev–Trinajstić information content (AvgIpc) is 2.50. The van der Waals surface area contributed by atoms with Gasteiger partial charge in [-0.3, -0.25) is 0 Å². The van der Waals surface area contributed by atoms with Crippen molar-refractivity contribution in [1.82, 2.24) is 5.32 Å². The van der Waals surface area contributed by atoms with E-state index in [1.165, 1.54) is 42.4 Å². The molecule has 2 atom stereocenters. The first kappa shape index (κ1) is 18.2. The Morgan fingerprint density at radius 2 is 1.86 bits per heavy atom. The second-order valence-corrected chi connectivity index (χ2v) is 6.14. The molecule has 0 aliphatic heterocycles. The van der Waals surface area contributed by atoms with Gasteiger partial charge in [-0.25, -0.2) is 0 Å². The molecule has 0 heterocycles. The molecule has 1 rings (SSSR count). The molecule has 1 aromatic carbocycles. The molecular formula is C19H33NO. The molecule has 0 saturated heterocycles. The third kappa shape index (κ3) is 6.19. The minimum Gasteiger partial charge on any atom is -0.379 e. The first-order valence-corrected chi connectivity index (χ1v) is 8.44. The van der Waals surface area contributed by atoms with E-state index in [9.17, 15) is 0 Å². The molecule has 21 heavy (non-hydrogen) atoms. The number of hydrogen-bond donors (Lipinski definition) is 1. The van der Waals surface area contributed by atoms with Crippen molar-refractivity contribution in [2.24, 2.45) is 5.92 Å². The monoisotopic (exact) mass is 291 g/mol. The van der Waals surface area contributed by atoms with Crippen LogP contribution in [0.2, 0.25) is 0 Å². The molecule has 0 amide bonds. The SMILES string of the molecule is CCCCC(CC)COCC(NC)c1ccc(C)c(C)c1. The third-order valence-corrected chi connectivity index (χ3v) is 4.46. The van der Waals surface area contributed by atoms with Crippen LogP contribution in [0.4, 0.5) is 0 Å². The Labute approximate surface area is 131 Å². The van der Waals surface area contributed by atoms with Crippen LogP contribution < -0.4 is 5.32 Å². The lowest BCUT2D eigenvalue weighted by Crippen LogP contribution is -2.23. The fourth-order valence-corrected chi connectivity index (χ4v) is 2.58. The second-order valence-electron chi connectivity index (χ2n) is 6.14. The molecule has 0 spiro atoms. The highest BCUT2D eigenvalue weighted by molar-refractivity contribution is 5.31. The Balaban J connectivity index is 2.48. The summed E-state index contributed by atoms with van der Waals surface area (Å²) in [5.41, 5.74) is 4.02. The van der Waals surface area contributed by atoms with E-state index in [0.717, 1.165) is 13.2 Å². The Bertz CT molecular complexity index is 403. The number of aryl methyl sites for hydroxylation is 2. The fourth-order valence-electron chi connectivity index (χ4n) is 2.58. The van der Waals surface area contributed by atoms with Gasteiger partial charge < -0.3 is 10.1 Å². The summed E-state index contributed by atoms with van der Waals surface area (Å²) in [7, 11) is 2.01. The van der Waals surface area contributed by atoms with E-state index in [2.05, 4.69) is 51.2 Å². The lowest BCUT2D eigenvalue weighted by atomic mass is 10.00. The Hall–Kier alpha value is -0.860. The zero-order chi connectivity index (χ0) is 15.7. The number of likely N-dealkylation sites (N-methyl/N-ethyl adjacent to an activating group) is 1. The summed E-state index contributed by atoms with van der Waals surface area (Å²) in [5.74, 6) is 0.710. The number of benzene rings is 1. The van der Waals surface area contributed by atoms with Gasteiger partial charge in [0.05, 0.1) is 12.6 Å². The van der Waals surface area contributed by atoms with Gasteiger partial charge in [-0.15, -0.1) is 0 Å². The van der Waals surface area contributed by atoms with Gasteiger partial charge in [0.25, 0.3) is 0 Å². The molecule has 0 aromatic heterocycles. The average molecular weight is 291 g/mol. The largest absolute Gasteiger partial charge is 0.379 e. The van der Waals surface area contributed by atoms with Crippen molar-refractivity contribution in [3.63, 3.8) is 0 Å². The smallest absolute Gasteiger partial charge is 0.0661 e. The van der Waals surface area contributed by atoms with Crippen LogP contribution in [0.15, 0.2) is 18.2 Å². The van der Waals surface area contributed by atoms with E-state index in [0.29, 0.717) is 5.92 Å². The predicted molar refractivity (Wildman–Crippen MR) is 91.8 cm³/mol. The fraction of sp³-hybridized carbons (Fsp3) is 0.684. The molecule has 0 saturated carbocycles. The quantitative estimate of drug-likeness (QED) is 0.669. The predicted octanol–water partition coefficient (Wildman–Crippen LogP) is 4.80. The molecule has 0 radical (unpaired) electrons. The normalized spacial score (nSPS) is 14.1. The molecule has 2 unspecified atom stereocenters. The summed E-state index contributed by atoms with van der Waals surface area (Å²) in [4.78, 5) is 0. The number of ether oxygens (including phenoxy) is 1. The molecule has 2 nitrogen and oxygen atoms in total. The van der Waals surface area contributed by atoms with E-state index in [4.69, 9.17) is 4.74 Å². The van der Waals surface area contributed by atoms with Gasteiger partial charge in [0.1, 0.15) is 0 Å². The van der Waals surface area contributed by atoms with Crippen LogP contribution in [0.5, 0.6) is 0 Å². The zero-order valence-corrected chi connectivity index (χ0v) is 14.5. The zero-order valence-electron chi connectivity index (χ0n) is 14.5. The van der Waals surface area contributed by atoms with Gasteiger partial charge >= 0.3 is 0 Å². The number of hydrogen-bond acceptors (Lipinski definition) is 2. The van der Waals surface area contributed by atoms with Crippen LogP contribution in [-0.2, 0) is 4.74 Å². The molecule has 1 aromatic rings. The maximum absolute atomic E-state index is 6.00. The van der Waals surface area contributed by atoms with Gasteiger partial charge in [-0.05, 0) is 49.9 Å². The van der Waals surface area contributed by atoms with E-state index in [-0.39, 0.29) is 6.04 Å². The van der Waals surface area contributed by atoms with Crippen molar-refractivity contribution >= 4 is 0 Å². The molecular weight excluding hydrogens is 258 g/mol. The third-order valence-electron chi connectivity index (χ3n) is 4.46. The van der Waals surface area contributed by atoms with E-state index < -0.39 is 0 Å². The van der Waals surface area contributed by atoms with Crippen LogP contribution in [0, 0.1) is 19.8 Å². The van der Waals surface area contributed by atoms with Crippen molar-refractivity contribution in [3.05, 3.63) is 34.9 Å². The molecule has 2 heteroatoms. The van der Waals surface area contributed by atoms with Crippen molar-refractivity contribution in [3.8, 4) is 0 Å². The highest BCUT2D eigenvalue weighted by Gasteiger charge is 2.12. The molecule has 1 N–H and O–H groups in total. The number of nitrogens with one attached hydrogen (secondary N) is 1. The maximum Gasteiger partial charge on any atom is 0.0661 e. The summed E-state index contributed by atoms with van der Waals surface area (Å²) in [6.07, 6.45) is 5.10. The van der Waals surface area contributed by atoms with Crippen molar-refractivity contribution < 1.29 is 4.74 Å². The van der Waals surface area contributed by atoms with Gasteiger partial charge in [0.2, 0.25) is 0 Å². The van der Waals surface area contributed by atoms with Gasteiger partial charge in [-0.1, -0.05) is 51.3 Å². The molecule has 0 fully saturated rings. The second kappa shape index (κ2) is 9.97. The van der Waals surface area contributed by atoms with Gasteiger partial charge in [-0.2, -0.15) is 0 Å². The van der Waals surface area contributed by atoms with Crippen molar-refractivity contribution in [2.75, 3.05) is 20.3 Å². The summed E-state index contributed by atoms with van der Waals surface area (Å²) in [6, 6.07) is 6.97. The van der Waals surface area contributed by atoms with Gasteiger partial charge in [0.15, 0.2) is 0 Å². The molecule has 0 aliphatic carbocycles. The lowest BCUT2D eigenvalue weighted by Gasteiger charge is -2.20. The van der Waals surface area contributed by atoms with Crippen LogP contribution >= 0.6 is 0 Å². The van der Waals surface area contributed by atoms with Crippen LogP contribution in [-0.4, -0.2) is 20.3 Å². The highest BCUT2D eigenvalue weighted by Crippen LogP contribution is 2.19. The van der Waals surface area contributed by atoms with Crippen molar-refractivity contribution in [2.45, 2.75) is 59.4 Å². The Morgan fingerprint density at radius 3 is 2.43 bits per heavy atom. The molecule has 120 valence electrons. The summed E-state index contributed by atoms with van der Waals surface area (Å²) >= 11 is 0. The first-order chi connectivity index (χ1) is 10.1. The standard InChI is InChI=1S/C19H33NO/c1-6-8-9-17(7-2)13-21-14-19(20-5)18-11-10-15(3)16(4)12-18/h10-12,17,19-20H,6-9,13-14H2,1-5H3. The maximum atomic E-state index is 6.00. The summed E-state index contributed by atoms with van der Waals surface area (Å²) in [6.45, 7) is 10.5. The van der Waals surface area contributed by atoms with E-state index in [1.54, 1.807) is 0 Å². The van der Waals surface area contributed by atoms with Gasteiger partial charge in [0, 0.05) is 6.61 Å². The summed E-state index contributed by atoms with van der Waals surface area (Å²) < 4.78 is 6.00. The first-order valence-electron chi connectivity index (χ1n) is 8.44. The van der Waals surface area contributed by atoms with Crippen LogP contribution in [0.1, 0.15) is 62.3 Å². The van der Waals surface area contributed by atoms with Crippen LogP contribution in [0.25, 0.3) is 0 Å².